The van der Waals surface area contributed by atoms with Gasteiger partial charge < -0.3 is 10.6 Å². The van der Waals surface area contributed by atoms with Gasteiger partial charge in [0.1, 0.15) is 11.6 Å². The highest BCUT2D eigenvalue weighted by Crippen LogP contribution is 2.44. The lowest BCUT2D eigenvalue weighted by molar-refractivity contribution is 1.02. The van der Waals surface area contributed by atoms with Crippen LogP contribution in [0.15, 0.2) is 53.1 Å². The first kappa shape index (κ1) is 15.4. The Balaban J connectivity index is 1.48. The van der Waals surface area contributed by atoms with Crippen LogP contribution in [0, 0.1) is 0 Å². The van der Waals surface area contributed by atoms with E-state index in [2.05, 4.69) is 49.7 Å². The average molecular weight is 383 g/mol. The minimum absolute atomic E-state index is 0.659. The number of pyridine rings is 2. The molecule has 4 rings (SSSR count). The molecule has 122 valence electrons. The van der Waals surface area contributed by atoms with Crippen LogP contribution in [0.4, 0.5) is 11.6 Å². The zero-order valence-electron chi connectivity index (χ0n) is 13.3. The van der Waals surface area contributed by atoms with E-state index < -0.39 is 0 Å². The molecule has 4 nitrogen and oxygen atoms in total. The summed E-state index contributed by atoms with van der Waals surface area (Å²) in [5.41, 5.74) is 2.38. The minimum atomic E-state index is 0.659. The van der Waals surface area contributed by atoms with E-state index in [1.165, 1.54) is 23.8 Å². The van der Waals surface area contributed by atoms with Crippen molar-refractivity contribution in [3.63, 3.8) is 0 Å². The third-order valence-electron chi connectivity index (χ3n) is 4.21. The van der Waals surface area contributed by atoms with Crippen molar-refractivity contribution in [1.29, 1.82) is 0 Å². The SMILES string of the molecule is Brc1ccc2nc(NCCNc3ccccn3)c(C3CC3)cc2c1. The van der Waals surface area contributed by atoms with Crippen LogP contribution >= 0.6 is 15.9 Å². The van der Waals surface area contributed by atoms with E-state index in [1.54, 1.807) is 6.20 Å². The van der Waals surface area contributed by atoms with Gasteiger partial charge in [-0.25, -0.2) is 9.97 Å². The van der Waals surface area contributed by atoms with Gasteiger partial charge in [-0.15, -0.1) is 0 Å². The number of benzene rings is 1. The minimum Gasteiger partial charge on any atom is -0.368 e. The van der Waals surface area contributed by atoms with Gasteiger partial charge in [-0.1, -0.05) is 22.0 Å². The summed E-state index contributed by atoms with van der Waals surface area (Å²) in [4.78, 5) is 9.12. The van der Waals surface area contributed by atoms with Crippen LogP contribution in [0.1, 0.15) is 24.3 Å². The summed E-state index contributed by atoms with van der Waals surface area (Å²) in [6, 6.07) is 14.4. The van der Waals surface area contributed by atoms with Gasteiger partial charge in [0, 0.05) is 29.1 Å². The molecule has 24 heavy (non-hydrogen) atoms. The Bertz CT molecular complexity index is 847. The van der Waals surface area contributed by atoms with Crippen LogP contribution in [0.25, 0.3) is 10.9 Å². The van der Waals surface area contributed by atoms with E-state index in [1.807, 2.05) is 24.3 Å². The lowest BCUT2D eigenvalue weighted by Gasteiger charge is -2.13. The van der Waals surface area contributed by atoms with Crippen molar-refractivity contribution in [3.8, 4) is 0 Å². The molecule has 0 unspecified atom stereocenters. The Labute approximate surface area is 149 Å². The number of anilines is 2. The first-order valence-electron chi connectivity index (χ1n) is 8.28. The quantitative estimate of drug-likeness (QED) is 0.601. The van der Waals surface area contributed by atoms with Crippen molar-refractivity contribution in [2.75, 3.05) is 23.7 Å². The van der Waals surface area contributed by atoms with Gasteiger partial charge in [0.15, 0.2) is 0 Å². The van der Waals surface area contributed by atoms with Gasteiger partial charge in [0.2, 0.25) is 0 Å². The molecule has 1 fully saturated rings. The number of nitrogens with zero attached hydrogens (tertiary/aromatic N) is 2. The number of hydrogen-bond donors (Lipinski definition) is 2. The second-order valence-corrected chi connectivity index (χ2v) is 7.02. The topological polar surface area (TPSA) is 49.8 Å². The predicted octanol–water partition coefficient (Wildman–Crippen LogP) is 4.79. The normalized spacial score (nSPS) is 13.9. The maximum absolute atomic E-state index is 4.85. The van der Waals surface area contributed by atoms with Crippen molar-refractivity contribution in [1.82, 2.24) is 9.97 Å². The van der Waals surface area contributed by atoms with Crippen LogP contribution in [0.3, 0.4) is 0 Å². The van der Waals surface area contributed by atoms with Crippen LogP contribution in [0.2, 0.25) is 0 Å². The Morgan fingerprint density at radius 1 is 1.04 bits per heavy atom. The zero-order chi connectivity index (χ0) is 16.4. The van der Waals surface area contributed by atoms with Gasteiger partial charge in [-0.2, -0.15) is 0 Å². The third kappa shape index (κ3) is 3.51. The highest BCUT2D eigenvalue weighted by atomic mass is 79.9. The maximum Gasteiger partial charge on any atom is 0.130 e. The van der Waals surface area contributed by atoms with Crippen LogP contribution in [-0.2, 0) is 0 Å². The number of halogens is 1. The van der Waals surface area contributed by atoms with E-state index in [4.69, 9.17) is 4.98 Å². The monoisotopic (exact) mass is 382 g/mol. The first-order chi connectivity index (χ1) is 11.8. The molecule has 1 aliphatic rings. The first-order valence-corrected chi connectivity index (χ1v) is 9.08. The number of rotatable bonds is 6. The summed E-state index contributed by atoms with van der Waals surface area (Å²) in [6.07, 6.45) is 4.33. The summed E-state index contributed by atoms with van der Waals surface area (Å²) in [6.45, 7) is 1.62. The zero-order valence-corrected chi connectivity index (χ0v) is 14.9. The molecule has 1 saturated carbocycles. The second-order valence-electron chi connectivity index (χ2n) is 6.11. The lowest BCUT2D eigenvalue weighted by atomic mass is 10.1. The molecular formula is C19H19BrN4. The molecule has 0 atom stereocenters. The Kier molecular flexibility index (Phi) is 4.34. The summed E-state index contributed by atoms with van der Waals surface area (Å²) in [7, 11) is 0. The molecular weight excluding hydrogens is 364 g/mol. The predicted molar refractivity (Wildman–Crippen MR) is 103 cm³/mol. The second kappa shape index (κ2) is 6.77. The molecule has 0 saturated heterocycles. The number of fused-ring (bicyclic) bond motifs is 1. The highest BCUT2D eigenvalue weighted by Gasteiger charge is 2.27. The van der Waals surface area contributed by atoms with Crippen LogP contribution in [0.5, 0.6) is 0 Å². The summed E-state index contributed by atoms with van der Waals surface area (Å²) < 4.78 is 1.10. The molecule has 0 bridgehead atoms. The molecule has 0 spiro atoms. The fraction of sp³-hybridized carbons (Fsp3) is 0.263. The van der Waals surface area contributed by atoms with E-state index in [9.17, 15) is 0 Å². The number of nitrogens with one attached hydrogen (secondary N) is 2. The van der Waals surface area contributed by atoms with Crippen molar-refractivity contribution >= 4 is 38.5 Å². The third-order valence-corrected chi connectivity index (χ3v) is 4.71. The Hall–Kier alpha value is -2.14. The summed E-state index contributed by atoms with van der Waals surface area (Å²) >= 11 is 3.54. The molecule has 0 aliphatic heterocycles. The van der Waals surface area contributed by atoms with E-state index in [0.717, 1.165) is 34.7 Å². The molecule has 2 aromatic heterocycles. The molecule has 2 heterocycles. The van der Waals surface area contributed by atoms with E-state index in [0.29, 0.717) is 5.92 Å². The van der Waals surface area contributed by atoms with Gasteiger partial charge >= 0.3 is 0 Å². The van der Waals surface area contributed by atoms with E-state index >= 15 is 0 Å². The largest absolute Gasteiger partial charge is 0.368 e. The Morgan fingerprint density at radius 3 is 2.71 bits per heavy atom. The maximum atomic E-state index is 4.85. The standard InChI is InChI=1S/C19H19BrN4/c20-15-6-7-17-14(11-15)12-16(13-4-5-13)19(24-17)23-10-9-22-18-3-1-2-8-21-18/h1-3,6-8,11-13H,4-5,9-10H2,(H,21,22)(H,23,24). The van der Waals surface area contributed by atoms with Crippen molar-refractivity contribution in [3.05, 3.63) is 58.7 Å². The fourth-order valence-corrected chi connectivity index (χ4v) is 3.23. The van der Waals surface area contributed by atoms with Gasteiger partial charge in [-0.3, -0.25) is 0 Å². The summed E-state index contributed by atoms with van der Waals surface area (Å²) in [5, 5.41) is 8.01. The fourth-order valence-electron chi connectivity index (χ4n) is 2.85. The lowest BCUT2D eigenvalue weighted by Crippen LogP contribution is -2.15. The van der Waals surface area contributed by atoms with Gasteiger partial charge in [-0.05, 0) is 60.7 Å². The molecule has 0 amide bonds. The average Bonchev–Trinajstić information content (AvgIpc) is 3.44. The summed E-state index contributed by atoms with van der Waals surface area (Å²) in [5.74, 6) is 2.58. The molecule has 3 aromatic rings. The smallest absolute Gasteiger partial charge is 0.130 e. The van der Waals surface area contributed by atoms with Crippen molar-refractivity contribution < 1.29 is 0 Å². The van der Waals surface area contributed by atoms with Crippen molar-refractivity contribution in [2.24, 2.45) is 0 Å². The number of aromatic nitrogens is 2. The molecule has 5 heteroatoms. The van der Waals surface area contributed by atoms with E-state index in [-0.39, 0.29) is 0 Å². The van der Waals surface area contributed by atoms with Gasteiger partial charge in [0.05, 0.1) is 5.52 Å². The highest BCUT2D eigenvalue weighted by molar-refractivity contribution is 9.10. The van der Waals surface area contributed by atoms with Crippen LogP contribution < -0.4 is 10.6 Å². The van der Waals surface area contributed by atoms with Crippen LogP contribution in [-0.4, -0.2) is 23.1 Å². The molecule has 2 N–H and O–H groups in total. The number of hydrogen-bond acceptors (Lipinski definition) is 4. The molecule has 1 aromatic carbocycles. The molecule has 0 radical (unpaired) electrons. The van der Waals surface area contributed by atoms with Gasteiger partial charge in [0.25, 0.3) is 0 Å². The Morgan fingerprint density at radius 2 is 1.92 bits per heavy atom. The molecule has 1 aliphatic carbocycles. The van der Waals surface area contributed by atoms with Crippen molar-refractivity contribution in [2.45, 2.75) is 18.8 Å².